The molecule has 1 aliphatic heterocycles. The molecule has 0 spiro atoms. The summed E-state index contributed by atoms with van der Waals surface area (Å²) in [6.45, 7) is 3.85. The molecule has 3 unspecified atom stereocenters. The van der Waals surface area contributed by atoms with E-state index in [1.165, 1.54) is 18.2 Å². The van der Waals surface area contributed by atoms with Gasteiger partial charge in [0.1, 0.15) is 5.82 Å². The van der Waals surface area contributed by atoms with E-state index >= 15 is 0 Å². The first-order valence-electron chi connectivity index (χ1n) is 6.40. The molecule has 0 aliphatic carbocycles. The first-order valence-corrected chi connectivity index (χ1v) is 6.40. The van der Waals surface area contributed by atoms with Crippen LogP contribution in [-0.4, -0.2) is 23.5 Å². The van der Waals surface area contributed by atoms with Crippen molar-refractivity contribution in [2.45, 2.75) is 12.3 Å². The second-order valence-corrected chi connectivity index (χ2v) is 4.93. The van der Waals surface area contributed by atoms with Crippen LogP contribution in [0.1, 0.15) is 17.9 Å². The Morgan fingerprint density at radius 3 is 2.65 bits per heavy atom. The normalized spacial score (nSPS) is 23.8. The van der Waals surface area contributed by atoms with Gasteiger partial charge in [0.15, 0.2) is 0 Å². The van der Waals surface area contributed by atoms with E-state index in [2.05, 4.69) is 11.9 Å². The summed E-state index contributed by atoms with van der Waals surface area (Å²) in [7, 11) is 0. The third-order valence-corrected chi connectivity index (χ3v) is 3.76. The lowest BCUT2D eigenvalue weighted by Gasteiger charge is -2.34. The smallest absolute Gasteiger partial charge is 0.310 e. The Morgan fingerprint density at radius 1 is 1.45 bits per heavy atom. The van der Waals surface area contributed by atoms with Gasteiger partial charge in [-0.3, -0.25) is 9.59 Å². The minimum atomic E-state index is -0.965. The van der Waals surface area contributed by atoms with Gasteiger partial charge in [-0.1, -0.05) is 18.2 Å². The van der Waals surface area contributed by atoms with Gasteiger partial charge in [0, 0.05) is 18.9 Å². The summed E-state index contributed by atoms with van der Waals surface area (Å²) in [6, 6.07) is 5.85. The van der Waals surface area contributed by atoms with Crippen LogP contribution in [0, 0.1) is 17.7 Å². The number of carbonyl (C=O) groups excluding carboxylic acids is 1. The molecule has 0 radical (unpaired) electrons. The summed E-state index contributed by atoms with van der Waals surface area (Å²) in [6.07, 6.45) is 1.59. The third-order valence-electron chi connectivity index (χ3n) is 3.76. The van der Waals surface area contributed by atoms with Gasteiger partial charge < -0.3 is 10.4 Å². The summed E-state index contributed by atoms with van der Waals surface area (Å²) >= 11 is 0. The minimum Gasteiger partial charge on any atom is -0.481 e. The molecule has 4 nitrogen and oxygen atoms in total. The summed E-state index contributed by atoms with van der Waals surface area (Å²) in [5.74, 6) is -2.72. The van der Waals surface area contributed by atoms with Crippen LogP contribution in [0.25, 0.3) is 0 Å². The maximum Gasteiger partial charge on any atom is 0.310 e. The van der Waals surface area contributed by atoms with Crippen molar-refractivity contribution in [3.8, 4) is 0 Å². The van der Waals surface area contributed by atoms with Gasteiger partial charge in [0.2, 0.25) is 5.91 Å². The van der Waals surface area contributed by atoms with Gasteiger partial charge in [0.05, 0.1) is 5.92 Å². The van der Waals surface area contributed by atoms with Gasteiger partial charge in [-0.15, -0.1) is 6.58 Å². The summed E-state index contributed by atoms with van der Waals surface area (Å²) in [4.78, 5) is 22.9. The zero-order valence-corrected chi connectivity index (χ0v) is 10.9. The van der Waals surface area contributed by atoms with Crippen molar-refractivity contribution in [3.63, 3.8) is 0 Å². The van der Waals surface area contributed by atoms with Crippen molar-refractivity contribution in [2.24, 2.45) is 11.8 Å². The number of nitrogens with one attached hydrogen (secondary N) is 1. The van der Waals surface area contributed by atoms with Crippen LogP contribution in [0.4, 0.5) is 4.39 Å². The zero-order valence-electron chi connectivity index (χ0n) is 10.9. The van der Waals surface area contributed by atoms with Crippen molar-refractivity contribution in [3.05, 3.63) is 48.3 Å². The number of halogens is 1. The standard InChI is InChI=1S/C15H16FNO3/c1-2-11(15(19)20)13-8-17-14(18)7-12(13)9-3-5-10(16)6-4-9/h2-6,11-13H,1,7-8H2,(H,17,18)(H,19,20). The lowest BCUT2D eigenvalue weighted by atomic mass is 9.74. The van der Waals surface area contributed by atoms with Gasteiger partial charge >= 0.3 is 5.97 Å². The Balaban J connectivity index is 2.33. The number of aliphatic carboxylic acids is 1. The second-order valence-electron chi connectivity index (χ2n) is 4.93. The van der Waals surface area contributed by atoms with E-state index in [0.717, 1.165) is 5.56 Å². The minimum absolute atomic E-state index is 0.122. The third kappa shape index (κ3) is 2.87. The molecular formula is C15H16FNO3. The number of carbonyl (C=O) groups is 2. The summed E-state index contributed by atoms with van der Waals surface area (Å²) < 4.78 is 13.0. The quantitative estimate of drug-likeness (QED) is 0.826. The molecule has 2 N–H and O–H groups in total. The molecule has 1 fully saturated rings. The van der Waals surface area contributed by atoms with Crippen LogP contribution >= 0.6 is 0 Å². The van der Waals surface area contributed by atoms with Gasteiger partial charge in [-0.05, 0) is 23.6 Å². The average molecular weight is 277 g/mol. The molecule has 0 aromatic heterocycles. The first-order chi connectivity index (χ1) is 9.52. The SMILES string of the molecule is C=CC(C(=O)O)C1CNC(=O)CC1c1ccc(F)cc1. The Bertz CT molecular complexity index is 526. The zero-order chi connectivity index (χ0) is 14.7. The molecule has 106 valence electrons. The van der Waals surface area contributed by atoms with E-state index in [4.69, 9.17) is 0 Å². The number of piperidine rings is 1. The molecule has 0 bridgehead atoms. The van der Waals surface area contributed by atoms with Crippen molar-refractivity contribution < 1.29 is 19.1 Å². The second kappa shape index (κ2) is 5.86. The first kappa shape index (κ1) is 14.2. The van der Waals surface area contributed by atoms with Gasteiger partial charge in [-0.2, -0.15) is 0 Å². The summed E-state index contributed by atoms with van der Waals surface area (Å²) in [5.41, 5.74) is 0.777. The number of hydrogen-bond acceptors (Lipinski definition) is 2. The lowest BCUT2D eigenvalue weighted by molar-refractivity contribution is -0.143. The van der Waals surface area contributed by atoms with Crippen LogP contribution in [0.2, 0.25) is 0 Å². The molecule has 1 heterocycles. The van der Waals surface area contributed by atoms with E-state index in [9.17, 15) is 19.1 Å². The monoisotopic (exact) mass is 277 g/mol. The molecular weight excluding hydrogens is 261 g/mol. The molecule has 5 heteroatoms. The van der Waals surface area contributed by atoms with Crippen LogP contribution in [0.3, 0.4) is 0 Å². The molecule has 20 heavy (non-hydrogen) atoms. The fourth-order valence-corrected chi connectivity index (χ4v) is 2.71. The fraction of sp³-hybridized carbons (Fsp3) is 0.333. The number of carboxylic acid groups (broad SMARTS) is 1. The molecule has 1 aromatic carbocycles. The number of rotatable bonds is 4. The molecule has 1 amide bonds. The molecule has 1 aromatic rings. The van der Waals surface area contributed by atoms with Crippen molar-refractivity contribution >= 4 is 11.9 Å². The molecule has 3 atom stereocenters. The Hall–Kier alpha value is -2.17. The molecule has 0 saturated carbocycles. The fourth-order valence-electron chi connectivity index (χ4n) is 2.71. The van der Waals surface area contributed by atoms with Crippen molar-refractivity contribution in [1.29, 1.82) is 0 Å². The van der Waals surface area contributed by atoms with Crippen molar-refractivity contribution in [2.75, 3.05) is 6.54 Å². The highest BCUT2D eigenvalue weighted by Crippen LogP contribution is 2.36. The van der Waals surface area contributed by atoms with E-state index in [-0.39, 0.29) is 36.5 Å². The Kier molecular flexibility index (Phi) is 4.17. The molecule has 2 rings (SSSR count). The highest BCUT2D eigenvalue weighted by molar-refractivity contribution is 5.79. The van der Waals surface area contributed by atoms with Crippen molar-refractivity contribution in [1.82, 2.24) is 5.32 Å². The topological polar surface area (TPSA) is 66.4 Å². The van der Waals surface area contributed by atoms with E-state index in [1.54, 1.807) is 12.1 Å². The van der Waals surface area contributed by atoms with Crippen LogP contribution < -0.4 is 5.32 Å². The lowest BCUT2D eigenvalue weighted by Crippen LogP contribution is -2.44. The largest absolute Gasteiger partial charge is 0.481 e. The van der Waals surface area contributed by atoms with Gasteiger partial charge in [0.25, 0.3) is 0 Å². The number of carboxylic acids is 1. The predicted molar refractivity (Wildman–Crippen MR) is 71.6 cm³/mol. The maximum absolute atomic E-state index is 13.0. The van der Waals surface area contributed by atoms with Crippen LogP contribution in [-0.2, 0) is 9.59 Å². The maximum atomic E-state index is 13.0. The van der Waals surface area contributed by atoms with E-state index in [0.29, 0.717) is 0 Å². The molecule has 1 aliphatic rings. The van der Waals surface area contributed by atoms with E-state index < -0.39 is 11.9 Å². The predicted octanol–water partition coefficient (Wildman–Crippen LogP) is 1.93. The number of amides is 1. The summed E-state index contributed by atoms with van der Waals surface area (Å²) in [5, 5.41) is 11.9. The van der Waals surface area contributed by atoms with Gasteiger partial charge in [-0.25, -0.2) is 4.39 Å². The molecule has 1 saturated heterocycles. The Morgan fingerprint density at radius 2 is 2.10 bits per heavy atom. The number of hydrogen-bond donors (Lipinski definition) is 2. The number of benzene rings is 1. The highest BCUT2D eigenvalue weighted by Gasteiger charge is 2.37. The van der Waals surface area contributed by atoms with Crippen LogP contribution in [0.15, 0.2) is 36.9 Å². The average Bonchev–Trinajstić information content (AvgIpc) is 2.41. The highest BCUT2D eigenvalue weighted by atomic mass is 19.1. The van der Waals surface area contributed by atoms with E-state index in [1.807, 2.05) is 0 Å². The Labute approximate surface area is 116 Å². The van der Waals surface area contributed by atoms with Crippen LogP contribution in [0.5, 0.6) is 0 Å².